The van der Waals surface area contributed by atoms with Gasteiger partial charge < -0.3 is 90.0 Å². The maximum Gasteiger partial charge on any atom is 0.222 e. The van der Waals surface area contributed by atoms with E-state index in [0.717, 1.165) is 0 Å². The Morgan fingerprint density at radius 1 is 0.295 bits per heavy atom. The molecule has 0 aromatic carbocycles. The third kappa shape index (κ3) is 48.7. The van der Waals surface area contributed by atoms with Crippen molar-refractivity contribution >= 4 is 17.7 Å². The number of amides is 3. The number of carbonyl (C=O) groups excluding carboxylic acids is 3. The minimum Gasteiger partial charge on any atom is -0.379 e. The van der Waals surface area contributed by atoms with Gasteiger partial charge in [0.15, 0.2) is 0 Å². The molecule has 0 saturated heterocycles. The second-order valence-electron chi connectivity index (χ2n) is 12.9. The molecule has 362 valence electrons. The first kappa shape index (κ1) is 58.8. The van der Waals surface area contributed by atoms with Crippen molar-refractivity contribution in [1.82, 2.24) is 20.9 Å². The lowest BCUT2D eigenvalue weighted by molar-refractivity contribution is -0.123. The predicted octanol–water partition coefficient (Wildman–Crippen LogP) is -3.12. The molecule has 0 aromatic rings. The molecule has 0 aliphatic carbocycles. The molecule has 0 aliphatic rings. The van der Waals surface area contributed by atoms with Crippen LogP contribution in [0.1, 0.15) is 19.3 Å². The molecule has 0 rings (SSSR count). The number of ether oxygens (including phenoxy) is 12. The number of hydrogen-bond acceptors (Lipinski definition) is 19. The molecule has 0 fully saturated rings. The van der Waals surface area contributed by atoms with Gasteiger partial charge in [0, 0.05) is 78.2 Å². The number of nitrogens with two attached hydrogens (primary N) is 3. The molecule has 0 heterocycles. The third-order valence-corrected chi connectivity index (χ3v) is 7.81. The number of rotatable bonds is 51. The smallest absolute Gasteiger partial charge is 0.222 e. The normalized spacial score (nSPS) is 11.4. The van der Waals surface area contributed by atoms with Gasteiger partial charge in [-0.2, -0.15) is 0 Å². The van der Waals surface area contributed by atoms with E-state index in [1.165, 1.54) is 0 Å². The highest BCUT2D eigenvalue weighted by molar-refractivity contribution is 5.76. The Labute approximate surface area is 363 Å². The Kier molecular flexibility index (Phi) is 48.6. The van der Waals surface area contributed by atoms with Crippen molar-refractivity contribution in [2.24, 2.45) is 17.2 Å². The molecular weight excluding hydrogens is 806 g/mol. The lowest BCUT2D eigenvalue weighted by atomic mass is 10.3. The number of hydrogen-bond donors (Lipinski definition) is 6. The zero-order valence-corrected chi connectivity index (χ0v) is 36.8. The average molecular weight is 888 g/mol. The molecule has 0 atom stereocenters. The van der Waals surface area contributed by atoms with E-state index in [4.69, 9.17) is 74.0 Å². The highest BCUT2D eigenvalue weighted by Crippen LogP contribution is 1.92. The third-order valence-electron chi connectivity index (χ3n) is 7.81. The molecule has 61 heavy (non-hydrogen) atoms. The lowest BCUT2D eigenvalue weighted by Crippen LogP contribution is -2.43. The van der Waals surface area contributed by atoms with Gasteiger partial charge in [-0.3, -0.25) is 19.3 Å². The van der Waals surface area contributed by atoms with Crippen LogP contribution in [-0.2, 0) is 71.2 Å². The van der Waals surface area contributed by atoms with Gasteiger partial charge in [-0.05, 0) is 0 Å². The highest BCUT2D eigenvalue weighted by Gasteiger charge is 2.10. The van der Waals surface area contributed by atoms with Crippen LogP contribution in [0, 0.1) is 0 Å². The molecule has 0 spiro atoms. The van der Waals surface area contributed by atoms with E-state index in [9.17, 15) is 14.4 Å². The van der Waals surface area contributed by atoms with Crippen LogP contribution in [0.25, 0.3) is 0 Å². The van der Waals surface area contributed by atoms with E-state index in [-0.39, 0.29) is 56.8 Å². The van der Waals surface area contributed by atoms with Crippen LogP contribution in [0.5, 0.6) is 0 Å². The van der Waals surface area contributed by atoms with Crippen molar-refractivity contribution in [2.75, 3.05) is 217 Å². The van der Waals surface area contributed by atoms with Crippen molar-refractivity contribution in [3.63, 3.8) is 0 Å². The lowest BCUT2D eigenvalue weighted by Gasteiger charge is -2.23. The molecule has 22 nitrogen and oxygen atoms in total. The molecule has 3 amide bonds. The summed E-state index contributed by atoms with van der Waals surface area (Å²) in [5.41, 5.74) is 16.1. The number of carbonyl (C=O) groups is 3. The summed E-state index contributed by atoms with van der Waals surface area (Å²) < 4.78 is 64.8. The second kappa shape index (κ2) is 50.4. The van der Waals surface area contributed by atoms with Crippen LogP contribution in [0.4, 0.5) is 0 Å². The van der Waals surface area contributed by atoms with Crippen LogP contribution in [0.3, 0.4) is 0 Å². The van der Waals surface area contributed by atoms with Crippen molar-refractivity contribution in [2.45, 2.75) is 19.3 Å². The Bertz CT molecular complexity index is 840. The number of nitrogens with one attached hydrogen (secondary N) is 3. The van der Waals surface area contributed by atoms with Gasteiger partial charge in [0.25, 0.3) is 0 Å². The summed E-state index contributed by atoms with van der Waals surface area (Å²) in [5.74, 6) is -0.421. The Morgan fingerprint density at radius 3 is 0.672 bits per heavy atom. The second-order valence-corrected chi connectivity index (χ2v) is 12.9. The summed E-state index contributed by atoms with van der Waals surface area (Å²) in [6, 6.07) is 0. The SMILES string of the molecule is NCCOCCOCCOCCOCCC(=O)NCCN(CCNC(=O)CCOCCOCCOCCOCCN)CCNC(=O)CCOCCOCCOCCOCCN. The van der Waals surface area contributed by atoms with E-state index < -0.39 is 0 Å². The maximum atomic E-state index is 12.4. The van der Waals surface area contributed by atoms with Gasteiger partial charge >= 0.3 is 0 Å². The molecule has 0 saturated carbocycles. The monoisotopic (exact) mass is 888 g/mol. The summed E-state index contributed by atoms with van der Waals surface area (Å²) >= 11 is 0. The zero-order chi connectivity index (χ0) is 44.4. The molecule has 0 bridgehead atoms. The van der Waals surface area contributed by atoms with Crippen molar-refractivity contribution in [3.8, 4) is 0 Å². The summed E-state index contributed by atoms with van der Waals surface area (Å²) in [4.78, 5) is 39.3. The fraction of sp³-hybridized carbons (Fsp3) is 0.923. The summed E-state index contributed by atoms with van der Waals surface area (Å²) in [6.45, 7) is 14.4. The van der Waals surface area contributed by atoms with E-state index in [0.29, 0.717) is 198 Å². The minimum atomic E-state index is -0.140. The quantitative estimate of drug-likeness (QED) is 0.0330. The van der Waals surface area contributed by atoms with E-state index in [1.807, 2.05) is 0 Å². The summed E-state index contributed by atoms with van der Waals surface area (Å²) in [5, 5.41) is 8.72. The van der Waals surface area contributed by atoms with Gasteiger partial charge in [-0.1, -0.05) is 0 Å². The van der Waals surface area contributed by atoms with Gasteiger partial charge in [-0.15, -0.1) is 0 Å². The number of nitrogens with zero attached hydrogens (tertiary/aromatic N) is 1. The van der Waals surface area contributed by atoms with Crippen molar-refractivity contribution < 1.29 is 71.2 Å². The summed E-state index contributed by atoms with van der Waals surface area (Å²) in [7, 11) is 0. The maximum absolute atomic E-state index is 12.4. The molecule has 0 unspecified atom stereocenters. The molecule has 0 radical (unpaired) electrons. The van der Waals surface area contributed by atoms with Gasteiger partial charge in [0.1, 0.15) is 0 Å². The fourth-order valence-electron chi connectivity index (χ4n) is 4.69. The Morgan fingerprint density at radius 2 is 0.475 bits per heavy atom. The average Bonchev–Trinajstić information content (AvgIpc) is 3.25. The highest BCUT2D eigenvalue weighted by atomic mass is 16.6. The molecule has 0 aliphatic heterocycles. The minimum absolute atomic E-state index is 0.140. The molecular formula is C39H81N7O15. The van der Waals surface area contributed by atoms with Gasteiger partial charge in [0.05, 0.1) is 159 Å². The van der Waals surface area contributed by atoms with Crippen LogP contribution >= 0.6 is 0 Å². The van der Waals surface area contributed by atoms with Crippen LogP contribution in [-0.4, -0.2) is 240 Å². The van der Waals surface area contributed by atoms with E-state index >= 15 is 0 Å². The van der Waals surface area contributed by atoms with Crippen molar-refractivity contribution in [3.05, 3.63) is 0 Å². The van der Waals surface area contributed by atoms with Gasteiger partial charge in [0.2, 0.25) is 17.7 Å². The topological polar surface area (TPSA) is 279 Å². The largest absolute Gasteiger partial charge is 0.379 e. The molecule has 9 N–H and O–H groups in total. The summed E-state index contributed by atoms with van der Waals surface area (Å²) in [6.07, 6.45) is 0.628. The van der Waals surface area contributed by atoms with E-state index in [1.54, 1.807) is 0 Å². The van der Waals surface area contributed by atoms with Crippen LogP contribution < -0.4 is 33.2 Å². The van der Waals surface area contributed by atoms with Crippen molar-refractivity contribution in [1.29, 1.82) is 0 Å². The van der Waals surface area contributed by atoms with Crippen LogP contribution in [0.2, 0.25) is 0 Å². The van der Waals surface area contributed by atoms with Crippen LogP contribution in [0.15, 0.2) is 0 Å². The Balaban J connectivity index is 4.28. The Hall–Kier alpha value is -2.23. The first-order valence-electron chi connectivity index (χ1n) is 21.6. The first-order valence-corrected chi connectivity index (χ1v) is 21.6. The fourth-order valence-corrected chi connectivity index (χ4v) is 4.69. The first-order chi connectivity index (χ1) is 30.0. The van der Waals surface area contributed by atoms with Gasteiger partial charge in [-0.25, -0.2) is 0 Å². The van der Waals surface area contributed by atoms with E-state index in [2.05, 4.69) is 20.9 Å². The molecule has 0 aromatic heterocycles. The standard InChI is InChI=1S/C39H81N7O15/c40-4-16-53-22-28-59-34-31-56-25-19-50-13-1-37(47)43-7-10-46(11-8-44-38(48)2-14-51-20-26-57-32-35-60-29-23-54-17-5-41)12-9-45-39(49)3-15-52-21-27-58-33-36-61-30-24-55-18-6-42/h1-36,40-42H2,(H,43,47)(H,44,48)(H,45,49). The zero-order valence-electron chi connectivity index (χ0n) is 36.8. The molecule has 22 heteroatoms. The predicted molar refractivity (Wildman–Crippen MR) is 226 cm³/mol.